The Hall–Kier alpha value is -0.990. The molecule has 0 saturated carbocycles. The summed E-state index contributed by atoms with van der Waals surface area (Å²) in [5.74, 6) is -0.378. The lowest BCUT2D eigenvalue weighted by Crippen LogP contribution is -2.15. The number of rotatable bonds is 2. The van der Waals surface area contributed by atoms with Crippen molar-refractivity contribution in [3.8, 4) is 0 Å². The van der Waals surface area contributed by atoms with Gasteiger partial charge in [-0.2, -0.15) is 4.99 Å². The topological polar surface area (TPSA) is 29.4 Å². The highest BCUT2D eigenvalue weighted by Crippen LogP contribution is 2.28. The summed E-state index contributed by atoms with van der Waals surface area (Å²) in [6.07, 6.45) is 1.45. The van der Waals surface area contributed by atoms with Crippen molar-refractivity contribution in [1.29, 1.82) is 0 Å². The summed E-state index contributed by atoms with van der Waals surface area (Å²) in [5.41, 5.74) is -0.509. The van der Waals surface area contributed by atoms with Crippen molar-refractivity contribution >= 4 is 22.0 Å². The smallest absolute Gasteiger partial charge is 0.211 e. The Bertz CT molecular complexity index is 397. The van der Waals surface area contributed by atoms with Gasteiger partial charge in [-0.05, 0) is 32.0 Å². The second kappa shape index (κ2) is 4.03. The van der Waals surface area contributed by atoms with Gasteiger partial charge in [0.2, 0.25) is 6.08 Å². The van der Waals surface area contributed by atoms with Crippen molar-refractivity contribution in [2.45, 2.75) is 19.4 Å². The van der Waals surface area contributed by atoms with Crippen LogP contribution in [0.3, 0.4) is 0 Å². The average molecular weight is 258 g/mol. The molecule has 1 aromatic rings. The molecule has 0 aromatic heterocycles. The van der Waals surface area contributed by atoms with Crippen molar-refractivity contribution in [1.82, 2.24) is 0 Å². The van der Waals surface area contributed by atoms with Crippen molar-refractivity contribution < 1.29 is 9.18 Å². The van der Waals surface area contributed by atoms with Gasteiger partial charge in [0.05, 0.1) is 5.54 Å². The van der Waals surface area contributed by atoms with Crippen LogP contribution in [-0.2, 0) is 10.3 Å². The molecule has 0 spiro atoms. The van der Waals surface area contributed by atoms with E-state index in [2.05, 4.69) is 20.9 Å². The van der Waals surface area contributed by atoms with Crippen molar-refractivity contribution in [3.63, 3.8) is 0 Å². The van der Waals surface area contributed by atoms with Crippen LogP contribution in [0.15, 0.2) is 27.7 Å². The Kier molecular flexibility index (Phi) is 3.19. The number of isocyanates is 1. The van der Waals surface area contributed by atoms with Crippen molar-refractivity contribution in [3.05, 3.63) is 34.1 Å². The minimum absolute atomic E-state index is 0.371. The van der Waals surface area contributed by atoms with Crippen LogP contribution in [0, 0.1) is 5.82 Å². The van der Waals surface area contributed by atoms with Crippen molar-refractivity contribution in [2.24, 2.45) is 4.99 Å². The van der Waals surface area contributed by atoms with Crippen LogP contribution in [0.2, 0.25) is 0 Å². The third-order valence-corrected chi connectivity index (χ3v) is 2.41. The first kappa shape index (κ1) is 11.1. The Morgan fingerprint density at radius 1 is 1.50 bits per heavy atom. The fourth-order valence-corrected chi connectivity index (χ4v) is 1.50. The Balaban J connectivity index is 3.30. The fraction of sp³-hybridized carbons (Fsp3) is 0.300. The molecule has 0 heterocycles. The Morgan fingerprint density at radius 3 is 2.71 bits per heavy atom. The van der Waals surface area contributed by atoms with E-state index in [1.807, 2.05) is 0 Å². The molecule has 0 radical (unpaired) electrons. The van der Waals surface area contributed by atoms with Crippen LogP contribution in [0.4, 0.5) is 4.39 Å². The summed E-state index contributed by atoms with van der Waals surface area (Å²) < 4.78 is 14.1. The molecule has 0 unspecified atom stereocenters. The van der Waals surface area contributed by atoms with Crippen LogP contribution < -0.4 is 0 Å². The number of hydrogen-bond donors (Lipinski definition) is 0. The van der Waals surface area contributed by atoms with Gasteiger partial charge >= 0.3 is 0 Å². The zero-order valence-corrected chi connectivity index (χ0v) is 9.43. The van der Waals surface area contributed by atoms with Crippen LogP contribution in [-0.4, -0.2) is 6.08 Å². The summed E-state index contributed by atoms with van der Waals surface area (Å²) in [6.45, 7) is 3.31. The standard InChI is InChI=1S/C10H9BrFNO/c1-10(2,13-6-14)8-5-7(11)3-4-9(8)12/h3-5H,1-2H3. The van der Waals surface area contributed by atoms with E-state index in [1.165, 1.54) is 12.1 Å². The first-order valence-corrected chi connectivity index (χ1v) is 4.81. The average Bonchev–Trinajstić information content (AvgIpc) is 2.09. The highest BCUT2D eigenvalue weighted by molar-refractivity contribution is 9.10. The minimum atomic E-state index is -0.879. The van der Waals surface area contributed by atoms with Crippen molar-refractivity contribution in [2.75, 3.05) is 0 Å². The van der Waals surface area contributed by atoms with Gasteiger partial charge in [-0.15, -0.1) is 0 Å². The number of nitrogens with zero attached hydrogens (tertiary/aromatic N) is 1. The number of halogens is 2. The molecule has 2 nitrogen and oxygen atoms in total. The largest absolute Gasteiger partial charge is 0.235 e. The number of carbonyl (C=O) groups excluding carboxylic acids is 1. The molecule has 0 saturated heterocycles. The maximum atomic E-state index is 13.4. The molecule has 0 amide bonds. The molecule has 0 N–H and O–H groups in total. The van der Waals surface area contributed by atoms with Crippen LogP contribution >= 0.6 is 15.9 Å². The van der Waals surface area contributed by atoms with E-state index in [0.717, 1.165) is 4.47 Å². The first-order chi connectivity index (χ1) is 6.47. The second-order valence-corrected chi connectivity index (χ2v) is 4.30. The summed E-state index contributed by atoms with van der Waals surface area (Å²) in [4.78, 5) is 13.7. The van der Waals surface area contributed by atoms with Gasteiger partial charge in [-0.3, -0.25) is 0 Å². The normalized spacial score (nSPS) is 10.9. The predicted octanol–water partition coefficient (Wildman–Crippen LogP) is 3.16. The van der Waals surface area contributed by atoms with E-state index in [-0.39, 0.29) is 5.82 Å². The third kappa shape index (κ3) is 2.28. The SMILES string of the molecule is CC(C)(N=C=O)c1cc(Br)ccc1F. The van der Waals surface area contributed by atoms with Gasteiger partial charge in [0.25, 0.3) is 0 Å². The molecule has 14 heavy (non-hydrogen) atoms. The molecule has 0 bridgehead atoms. The summed E-state index contributed by atoms with van der Waals surface area (Å²) in [5, 5.41) is 0. The van der Waals surface area contributed by atoms with Gasteiger partial charge < -0.3 is 0 Å². The zero-order valence-electron chi connectivity index (χ0n) is 7.84. The lowest BCUT2D eigenvalue weighted by atomic mass is 9.95. The van der Waals surface area contributed by atoms with Gasteiger partial charge in [0.1, 0.15) is 5.82 Å². The number of benzene rings is 1. The van der Waals surface area contributed by atoms with E-state index >= 15 is 0 Å². The number of aliphatic imine (C=N–C) groups is 1. The molecule has 0 aliphatic rings. The molecule has 0 aliphatic carbocycles. The molecular weight excluding hydrogens is 249 g/mol. The molecule has 1 aromatic carbocycles. The van der Waals surface area contributed by atoms with E-state index in [0.29, 0.717) is 5.56 Å². The number of hydrogen-bond acceptors (Lipinski definition) is 2. The monoisotopic (exact) mass is 257 g/mol. The maximum Gasteiger partial charge on any atom is 0.235 e. The summed E-state index contributed by atoms with van der Waals surface area (Å²) in [6, 6.07) is 4.54. The first-order valence-electron chi connectivity index (χ1n) is 4.02. The maximum absolute atomic E-state index is 13.4. The van der Waals surface area contributed by atoms with Crippen LogP contribution in [0.25, 0.3) is 0 Å². The zero-order chi connectivity index (χ0) is 10.8. The third-order valence-electron chi connectivity index (χ3n) is 1.91. The van der Waals surface area contributed by atoms with Crippen LogP contribution in [0.1, 0.15) is 19.4 Å². The highest BCUT2D eigenvalue weighted by atomic mass is 79.9. The predicted molar refractivity (Wildman–Crippen MR) is 55.2 cm³/mol. The molecular formula is C10H9BrFNO. The summed E-state index contributed by atoms with van der Waals surface area (Å²) in [7, 11) is 0. The molecule has 74 valence electrons. The molecule has 0 atom stereocenters. The molecule has 0 aliphatic heterocycles. The molecule has 0 fully saturated rings. The Morgan fingerprint density at radius 2 is 2.14 bits per heavy atom. The molecule has 1 rings (SSSR count). The minimum Gasteiger partial charge on any atom is -0.211 e. The van der Waals surface area contributed by atoms with E-state index in [9.17, 15) is 9.18 Å². The summed E-state index contributed by atoms with van der Waals surface area (Å²) >= 11 is 3.23. The van der Waals surface area contributed by atoms with E-state index in [4.69, 9.17) is 0 Å². The molecule has 4 heteroatoms. The highest BCUT2D eigenvalue weighted by Gasteiger charge is 2.23. The lowest BCUT2D eigenvalue weighted by molar-refractivity contribution is 0.491. The Labute approximate surface area is 90.0 Å². The second-order valence-electron chi connectivity index (χ2n) is 3.39. The van der Waals surface area contributed by atoms with Gasteiger partial charge in [0.15, 0.2) is 0 Å². The quantitative estimate of drug-likeness (QED) is 0.591. The van der Waals surface area contributed by atoms with Gasteiger partial charge in [-0.25, -0.2) is 9.18 Å². The fourth-order valence-electron chi connectivity index (χ4n) is 1.14. The van der Waals surface area contributed by atoms with Crippen LogP contribution in [0.5, 0.6) is 0 Å². The van der Waals surface area contributed by atoms with E-state index in [1.54, 1.807) is 26.0 Å². The van der Waals surface area contributed by atoms with E-state index < -0.39 is 5.54 Å². The lowest BCUT2D eigenvalue weighted by Gasteiger charge is -2.18. The van der Waals surface area contributed by atoms with Gasteiger partial charge in [0, 0.05) is 10.0 Å². The van der Waals surface area contributed by atoms with Gasteiger partial charge in [-0.1, -0.05) is 15.9 Å².